The summed E-state index contributed by atoms with van der Waals surface area (Å²) < 4.78 is 22.1. The molecule has 5 rings (SSSR count). The van der Waals surface area contributed by atoms with Crippen molar-refractivity contribution in [2.24, 2.45) is 0 Å². The molecule has 1 saturated heterocycles. The van der Waals surface area contributed by atoms with Gasteiger partial charge >= 0.3 is 0 Å². The van der Waals surface area contributed by atoms with Crippen molar-refractivity contribution in [2.45, 2.75) is 6.04 Å². The summed E-state index contributed by atoms with van der Waals surface area (Å²) in [6.07, 6.45) is 0. The summed E-state index contributed by atoms with van der Waals surface area (Å²) in [5, 5.41) is 0.422. The summed E-state index contributed by atoms with van der Waals surface area (Å²) in [4.78, 5) is 31.2. The highest BCUT2D eigenvalue weighted by Crippen LogP contribution is 2.39. The summed E-state index contributed by atoms with van der Waals surface area (Å²) in [7, 11) is 3.14. The van der Waals surface area contributed by atoms with E-state index in [0.717, 1.165) is 18.7 Å². The molecule has 0 radical (unpaired) electrons. The molecule has 2 aliphatic rings. The zero-order chi connectivity index (χ0) is 22.9. The Balaban J connectivity index is 1.61. The summed E-state index contributed by atoms with van der Waals surface area (Å²) in [6.45, 7) is 4.15. The largest absolute Gasteiger partial charge is 0.497 e. The summed E-state index contributed by atoms with van der Waals surface area (Å²) >= 11 is 0. The van der Waals surface area contributed by atoms with E-state index in [1.165, 1.54) is 0 Å². The number of rotatable bonds is 6. The van der Waals surface area contributed by atoms with Crippen LogP contribution in [0.25, 0.3) is 11.0 Å². The normalized spacial score (nSPS) is 18.5. The van der Waals surface area contributed by atoms with Crippen molar-refractivity contribution in [1.82, 2.24) is 9.80 Å². The van der Waals surface area contributed by atoms with E-state index in [-0.39, 0.29) is 17.1 Å². The van der Waals surface area contributed by atoms with Gasteiger partial charge in [-0.3, -0.25) is 14.5 Å². The SMILES string of the molecule is COc1cccc([C@H]2c3c(oc4cc(OC)ccc4c3=O)C(=O)N2CCN2CCOCC2)c1. The van der Waals surface area contributed by atoms with Gasteiger partial charge in [-0.25, -0.2) is 0 Å². The average molecular weight is 450 g/mol. The van der Waals surface area contributed by atoms with Crippen LogP contribution in [0.1, 0.15) is 27.7 Å². The molecule has 1 amide bonds. The van der Waals surface area contributed by atoms with Crippen molar-refractivity contribution in [2.75, 3.05) is 53.6 Å². The van der Waals surface area contributed by atoms with E-state index >= 15 is 0 Å². The molecule has 2 aliphatic heterocycles. The Hall–Kier alpha value is -3.36. The highest BCUT2D eigenvalue weighted by Gasteiger charge is 2.42. The lowest BCUT2D eigenvalue weighted by atomic mass is 9.98. The van der Waals surface area contributed by atoms with Gasteiger partial charge in [0.05, 0.1) is 44.4 Å². The van der Waals surface area contributed by atoms with Crippen LogP contribution in [0, 0.1) is 0 Å². The topological polar surface area (TPSA) is 81.5 Å². The number of ether oxygens (including phenoxy) is 3. The van der Waals surface area contributed by atoms with Crippen molar-refractivity contribution in [3.05, 3.63) is 69.6 Å². The van der Waals surface area contributed by atoms with Crippen LogP contribution in [0.2, 0.25) is 0 Å². The summed E-state index contributed by atoms with van der Waals surface area (Å²) in [5.41, 5.74) is 1.31. The Kier molecular flexibility index (Phi) is 5.78. The Morgan fingerprint density at radius 3 is 2.48 bits per heavy atom. The van der Waals surface area contributed by atoms with Gasteiger partial charge in [0.25, 0.3) is 5.91 Å². The zero-order valence-corrected chi connectivity index (χ0v) is 18.7. The number of fused-ring (bicyclic) bond motifs is 2. The van der Waals surface area contributed by atoms with Crippen LogP contribution in [0.5, 0.6) is 11.5 Å². The lowest BCUT2D eigenvalue weighted by molar-refractivity contribution is 0.0314. The fraction of sp³-hybridized carbons (Fsp3) is 0.360. The van der Waals surface area contributed by atoms with Gasteiger partial charge in [0.1, 0.15) is 17.1 Å². The minimum Gasteiger partial charge on any atom is -0.497 e. The van der Waals surface area contributed by atoms with E-state index in [0.29, 0.717) is 54.3 Å². The average Bonchev–Trinajstić information content (AvgIpc) is 3.14. The number of hydrogen-bond acceptors (Lipinski definition) is 7. The van der Waals surface area contributed by atoms with Gasteiger partial charge in [-0.15, -0.1) is 0 Å². The van der Waals surface area contributed by atoms with Crippen molar-refractivity contribution >= 4 is 16.9 Å². The highest BCUT2D eigenvalue weighted by atomic mass is 16.5. The van der Waals surface area contributed by atoms with Crippen molar-refractivity contribution in [3.8, 4) is 11.5 Å². The van der Waals surface area contributed by atoms with Crippen LogP contribution >= 0.6 is 0 Å². The summed E-state index contributed by atoms with van der Waals surface area (Å²) in [5.74, 6) is 1.03. The molecule has 3 aromatic rings. The third-order valence-corrected chi connectivity index (χ3v) is 6.35. The molecule has 0 unspecified atom stereocenters. The Labute approximate surface area is 191 Å². The summed E-state index contributed by atoms with van der Waals surface area (Å²) in [6, 6.07) is 12.0. The van der Waals surface area contributed by atoms with E-state index in [2.05, 4.69) is 4.90 Å². The first-order valence-electron chi connectivity index (χ1n) is 11.0. The minimum absolute atomic E-state index is 0.0931. The van der Waals surface area contributed by atoms with Crippen molar-refractivity contribution < 1.29 is 23.4 Å². The molecule has 8 nitrogen and oxygen atoms in total. The van der Waals surface area contributed by atoms with Crippen LogP contribution < -0.4 is 14.9 Å². The van der Waals surface area contributed by atoms with E-state index in [1.807, 2.05) is 24.3 Å². The lowest BCUT2D eigenvalue weighted by Crippen LogP contribution is -2.42. The van der Waals surface area contributed by atoms with Gasteiger partial charge in [0.15, 0.2) is 5.43 Å². The van der Waals surface area contributed by atoms with Crippen LogP contribution in [0.15, 0.2) is 51.7 Å². The van der Waals surface area contributed by atoms with Gasteiger partial charge in [-0.05, 0) is 29.8 Å². The zero-order valence-electron chi connectivity index (χ0n) is 18.7. The molecule has 33 heavy (non-hydrogen) atoms. The first kappa shape index (κ1) is 21.5. The number of carbonyl (C=O) groups excluding carboxylic acids is 1. The number of benzene rings is 2. The second-order valence-corrected chi connectivity index (χ2v) is 8.17. The Morgan fingerprint density at radius 1 is 0.970 bits per heavy atom. The van der Waals surface area contributed by atoms with Gasteiger partial charge in [0.2, 0.25) is 5.76 Å². The van der Waals surface area contributed by atoms with Crippen molar-refractivity contribution in [3.63, 3.8) is 0 Å². The molecule has 0 aliphatic carbocycles. The van der Waals surface area contributed by atoms with Gasteiger partial charge in [0, 0.05) is 32.2 Å². The van der Waals surface area contributed by atoms with E-state index in [4.69, 9.17) is 18.6 Å². The molecule has 0 N–H and O–H groups in total. The maximum Gasteiger partial charge on any atom is 0.290 e. The number of morpholine rings is 1. The molecule has 172 valence electrons. The van der Waals surface area contributed by atoms with E-state index in [9.17, 15) is 9.59 Å². The lowest BCUT2D eigenvalue weighted by Gasteiger charge is -2.31. The molecule has 2 aromatic carbocycles. The molecule has 0 spiro atoms. The second kappa shape index (κ2) is 8.88. The third-order valence-electron chi connectivity index (χ3n) is 6.35. The van der Waals surface area contributed by atoms with E-state index in [1.54, 1.807) is 37.3 Å². The molecule has 3 heterocycles. The first-order chi connectivity index (χ1) is 16.1. The Morgan fingerprint density at radius 2 is 1.73 bits per heavy atom. The molecule has 1 atom stereocenters. The fourth-order valence-corrected chi connectivity index (χ4v) is 4.59. The smallest absolute Gasteiger partial charge is 0.290 e. The first-order valence-corrected chi connectivity index (χ1v) is 11.0. The standard InChI is InChI=1S/C25H26N2O6/c1-30-17-5-3-4-16(14-17)22-21-23(28)19-7-6-18(31-2)15-20(19)33-24(21)25(29)27(22)9-8-26-10-12-32-13-11-26/h3-7,14-15,22H,8-13H2,1-2H3/t22-/m0/s1. The van der Waals surface area contributed by atoms with Crippen LogP contribution in [0.3, 0.4) is 0 Å². The molecule has 0 bridgehead atoms. The van der Waals surface area contributed by atoms with Gasteiger partial charge < -0.3 is 23.5 Å². The van der Waals surface area contributed by atoms with Gasteiger partial charge in [-0.2, -0.15) is 0 Å². The highest BCUT2D eigenvalue weighted by molar-refractivity contribution is 5.99. The monoisotopic (exact) mass is 450 g/mol. The Bertz CT molecular complexity index is 1250. The maximum absolute atomic E-state index is 13.6. The quantitative estimate of drug-likeness (QED) is 0.571. The molecular weight excluding hydrogens is 424 g/mol. The molecule has 0 saturated carbocycles. The minimum atomic E-state index is -0.550. The van der Waals surface area contributed by atoms with E-state index < -0.39 is 6.04 Å². The molecule has 1 aromatic heterocycles. The molecular formula is C25H26N2O6. The number of hydrogen-bond donors (Lipinski definition) is 0. The number of carbonyl (C=O) groups is 1. The van der Waals surface area contributed by atoms with Crippen LogP contribution in [0.4, 0.5) is 0 Å². The van der Waals surface area contributed by atoms with Crippen LogP contribution in [-0.2, 0) is 4.74 Å². The predicted octanol–water partition coefficient (Wildman–Crippen LogP) is 2.69. The number of nitrogens with zero attached hydrogens (tertiary/aromatic N) is 2. The van der Waals surface area contributed by atoms with Crippen molar-refractivity contribution in [1.29, 1.82) is 0 Å². The van der Waals surface area contributed by atoms with Crippen LogP contribution in [-0.4, -0.2) is 69.3 Å². The fourth-order valence-electron chi connectivity index (χ4n) is 4.59. The number of amides is 1. The molecule has 1 fully saturated rings. The van der Waals surface area contributed by atoms with Gasteiger partial charge in [-0.1, -0.05) is 12.1 Å². The predicted molar refractivity (Wildman–Crippen MR) is 122 cm³/mol. The molecule has 8 heteroatoms. The number of methoxy groups -OCH3 is 2. The third kappa shape index (κ3) is 3.85. The maximum atomic E-state index is 13.6. The second-order valence-electron chi connectivity index (χ2n) is 8.17.